The predicted molar refractivity (Wildman–Crippen MR) is 106 cm³/mol. The van der Waals surface area contributed by atoms with Gasteiger partial charge in [-0.2, -0.15) is 0 Å². The molecule has 0 aliphatic heterocycles. The van der Waals surface area contributed by atoms with Gasteiger partial charge in [0.2, 0.25) is 0 Å². The molecule has 1 heterocycles. The topological polar surface area (TPSA) is 30.2 Å². The number of benzene rings is 2. The van der Waals surface area contributed by atoms with E-state index in [1.54, 1.807) is 0 Å². The van der Waals surface area contributed by atoms with E-state index in [1.165, 1.54) is 37.7 Å². The van der Waals surface area contributed by atoms with E-state index in [1.807, 2.05) is 31.2 Å². The average molecular weight is 417 g/mol. The smallest absolute Gasteiger partial charge is 0.135 e. The van der Waals surface area contributed by atoms with E-state index >= 15 is 0 Å². The maximum Gasteiger partial charge on any atom is 0.135 e. The third kappa shape index (κ3) is 3.34. The molecule has 1 aliphatic carbocycles. The van der Waals surface area contributed by atoms with Crippen LogP contribution in [0.15, 0.2) is 61.1 Å². The standard InChI is InChI=1S/C21H21BrO2S/c1-14-21(25(23)18-10-8-17(22)9-11-18)19-13-16(7-12-20(19)24-14)15-5-3-2-4-6-15/h7-13,15H,2-6H2,1H3. The maximum atomic E-state index is 13.2. The van der Waals surface area contributed by atoms with Crippen LogP contribution in [-0.4, -0.2) is 4.21 Å². The van der Waals surface area contributed by atoms with Gasteiger partial charge in [0.05, 0.1) is 15.7 Å². The van der Waals surface area contributed by atoms with Crippen molar-refractivity contribution in [2.75, 3.05) is 0 Å². The number of furan rings is 1. The lowest BCUT2D eigenvalue weighted by atomic mass is 9.84. The molecule has 0 saturated heterocycles. The third-order valence-corrected chi connectivity index (χ3v) is 7.23. The molecule has 4 heteroatoms. The van der Waals surface area contributed by atoms with E-state index in [0.717, 1.165) is 31.0 Å². The Bertz CT molecular complexity index is 921. The Kier molecular flexibility index (Phi) is 4.83. The van der Waals surface area contributed by atoms with E-state index < -0.39 is 10.8 Å². The van der Waals surface area contributed by atoms with E-state index in [4.69, 9.17) is 4.42 Å². The van der Waals surface area contributed by atoms with Crippen molar-refractivity contribution in [1.82, 2.24) is 0 Å². The molecule has 2 aromatic carbocycles. The third-order valence-electron chi connectivity index (χ3n) is 5.12. The summed E-state index contributed by atoms with van der Waals surface area (Å²) in [5.74, 6) is 1.37. The Morgan fingerprint density at radius 2 is 1.76 bits per heavy atom. The van der Waals surface area contributed by atoms with Crippen LogP contribution in [0.4, 0.5) is 0 Å². The Morgan fingerprint density at radius 3 is 2.48 bits per heavy atom. The maximum absolute atomic E-state index is 13.2. The number of fused-ring (bicyclic) bond motifs is 1. The summed E-state index contributed by atoms with van der Waals surface area (Å²) in [5.41, 5.74) is 2.19. The molecule has 130 valence electrons. The van der Waals surface area contributed by atoms with E-state index in [2.05, 4.69) is 34.1 Å². The minimum atomic E-state index is -1.24. The lowest BCUT2D eigenvalue weighted by molar-refractivity contribution is 0.444. The predicted octanol–water partition coefficient (Wildman–Crippen LogP) is 6.72. The summed E-state index contributed by atoms with van der Waals surface area (Å²) in [6.45, 7) is 1.91. The summed E-state index contributed by atoms with van der Waals surface area (Å²) in [6, 6.07) is 14.1. The van der Waals surface area contributed by atoms with Crippen LogP contribution in [0.2, 0.25) is 0 Å². The highest BCUT2D eigenvalue weighted by Gasteiger charge is 2.21. The van der Waals surface area contributed by atoms with E-state index in [0.29, 0.717) is 5.92 Å². The number of hydrogen-bond donors (Lipinski definition) is 0. The van der Waals surface area contributed by atoms with Crippen molar-refractivity contribution < 1.29 is 8.63 Å². The molecule has 1 fully saturated rings. The molecule has 2 nitrogen and oxygen atoms in total. The van der Waals surface area contributed by atoms with Crippen LogP contribution >= 0.6 is 15.9 Å². The summed E-state index contributed by atoms with van der Waals surface area (Å²) in [4.78, 5) is 1.62. The highest BCUT2D eigenvalue weighted by molar-refractivity contribution is 9.10. The number of halogens is 1. The molecule has 0 spiro atoms. The number of rotatable bonds is 3. The van der Waals surface area contributed by atoms with Crippen LogP contribution < -0.4 is 0 Å². The molecule has 0 radical (unpaired) electrons. The Morgan fingerprint density at radius 1 is 1.04 bits per heavy atom. The second-order valence-electron chi connectivity index (χ2n) is 6.80. The van der Waals surface area contributed by atoms with Crippen molar-refractivity contribution in [3.8, 4) is 0 Å². The van der Waals surface area contributed by atoms with Crippen LogP contribution in [0.25, 0.3) is 11.0 Å². The molecule has 4 rings (SSSR count). The zero-order chi connectivity index (χ0) is 17.4. The summed E-state index contributed by atoms with van der Waals surface area (Å²) in [6.07, 6.45) is 6.49. The molecule has 1 aromatic heterocycles. The summed E-state index contributed by atoms with van der Waals surface area (Å²) in [7, 11) is -1.24. The molecule has 1 unspecified atom stereocenters. The molecule has 1 atom stereocenters. The Balaban J connectivity index is 1.78. The van der Waals surface area contributed by atoms with Crippen molar-refractivity contribution in [3.05, 3.63) is 58.3 Å². The van der Waals surface area contributed by atoms with E-state index in [-0.39, 0.29) is 0 Å². The highest BCUT2D eigenvalue weighted by atomic mass is 79.9. The summed E-state index contributed by atoms with van der Waals surface area (Å²) >= 11 is 3.43. The van der Waals surface area contributed by atoms with Gasteiger partial charge < -0.3 is 4.42 Å². The second-order valence-corrected chi connectivity index (χ2v) is 9.13. The van der Waals surface area contributed by atoms with Gasteiger partial charge in [0.1, 0.15) is 11.3 Å². The largest absolute Gasteiger partial charge is 0.460 e. The average Bonchev–Trinajstić information content (AvgIpc) is 2.97. The minimum absolute atomic E-state index is 0.627. The minimum Gasteiger partial charge on any atom is -0.460 e. The van der Waals surface area contributed by atoms with Gasteiger partial charge in [-0.05, 0) is 67.6 Å². The van der Waals surface area contributed by atoms with Gasteiger partial charge in [0.15, 0.2) is 0 Å². The van der Waals surface area contributed by atoms with Gasteiger partial charge in [-0.15, -0.1) is 0 Å². The Labute approximate surface area is 159 Å². The molecule has 3 aromatic rings. The summed E-state index contributed by atoms with van der Waals surface area (Å²) in [5, 5.41) is 1.00. The number of aryl methyl sites for hydroxylation is 1. The monoisotopic (exact) mass is 416 g/mol. The molecule has 1 aliphatic rings. The van der Waals surface area contributed by atoms with Crippen molar-refractivity contribution in [3.63, 3.8) is 0 Å². The van der Waals surface area contributed by atoms with Crippen molar-refractivity contribution in [1.29, 1.82) is 0 Å². The molecule has 0 bridgehead atoms. The van der Waals surface area contributed by atoms with Gasteiger partial charge in [-0.3, -0.25) is 0 Å². The van der Waals surface area contributed by atoms with Gasteiger partial charge >= 0.3 is 0 Å². The van der Waals surface area contributed by atoms with Gasteiger partial charge in [-0.1, -0.05) is 41.3 Å². The quantitative estimate of drug-likeness (QED) is 0.474. The zero-order valence-electron chi connectivity index (χ0n) is 14.3. The van der Waals surface area contributed by atoms with Crippen molar-refractivity contribution in [2.45, 2.75) is 54.7 Å². The summed E-state index contributed by atoms with van der Waals surface area (Å²) < 4.78 is 20.1. The van der Waals surface area contributed by atoms with Crippen LogP contribution in [-0.2, 0) is 10.8 Å². The van der Waals surface area contributed by atoms with Gasteiger partial charge in [-0.25, -0.2) is 4.21 Å². The second kappa shape index (κ2) is 7.08. The fraction of sp³-hybridized carbons (Fsp3) is 0.333. The lowest BCUT2D eigenvalue weighted by Crippen LogP contribution is -2.04. The van der Waals surface area contributed by atoms with Crippen molar-refractivity contribution in [2.24, 2.45) is 0 Å². The fourth-order valence-corrected chi connectivity index (χ4v) is 5.36. The van der Waals surface area contributed by atoms with Crippen molar-refractivity contribution >= 4 is 37.7 Å². The van der Waals surface area contributed by atoms with Gasteiger partial charge in [0.25, 0.3) is 0 Å². The molecule has 25 heavy (non-hydrogen) atoms. The Hall–Kier alpha value is -1.39. The zero-order valence-corrected chi connectivity index (χ0v) is 16.7. The van der Waals surface area contributed by atoms with Gasteiger partial charge in [0, 0.05) is 14.8 Å². The molecular weight excluding hydrogens is 396 g/mol. The van der Waals surface area contributed by atoms with Crippen LogP contribution in [0.1, 0.15) is 49.3 Å². The highest BCUT2D eigenvalue weighted by Crippen LogP contribution is 2.37. The number of hydrogen-bond acceptors (Lipinski definition) is 2. The molecule has 1 saturated carbocycles. The first-order valence-corrected chi connectivity index (χ1v) is 10.8. The molecular formula is C21H21BrO2S. The lowest BCUT2D eigenvalue weighted by Gasteiger charge is -2.21. The molecule has 0 amide bonds. The first-order valence-electron chi connectivity index (χ1n) is 8.84. The normalized spacial score (nSPS) is 17.0. The first-order chi connectivity index (χ1) is 12.1. The SMILES string of the molecule is Cc1oc2ccc(C3CCCCC3)cc2c1S(=O)c1ccc(Br)cc1. The van der Waals surface area contributed by atoms with Crippen LogP contribution in [0.3, 0.4) is 0 Å². The van der Waals surface area contributed by atoms with Crippen LogP contribution in [0.5, 0.6) is 0 Å². The fourth-order valence-electron chi connectivity index (χ4n) is 3.81. The van der Waals surface area contributed by atoms with E-state index in [9.17, 15) is 4.21 Å². The molecule has 0 N–H and O–H groups in total. The van der Waals surface area contributed by atoms with Crippen LogP contribution in [0, 0.1) is 6.92 Å². The first kappa shape index (κ1) is 17.0.